The van der Waals surface area contributed by atoms with Crippen LogP contribution in [0.5, 0.6) is 5.75 Å². The molecule has 3 heterocycles. The number of likely N-dealkylation sites (N-methyl/N-ethyl adjacent to an activating group) is 2. The van der Waals surface area contributed by atoms with E-state index in [0.717, 1.165) is 11.1 Å². The minimum atomic E-state index is -1.82. The van der Waals surface area contributed by atoms with E-state index in [1.54, 1.807) is 66.1 Å². The van der Waals surface area contributed by atoms with Crippen molar-refractivity contribution < 1.29 is 48.0 Å². The lowest BCUT2D eigenvalue weighted by atomic mass is 9.83. The van der Waals surface area contributed by atoms with Gasteiger partial charge in [0.15, 0.2) is 5.72 Å². The first kappa shape index (κ1) is 40.1. The molecule has 1 aromatic carbocycles. The van der Waals surface area contributed by atoms with Gasteiger partial charge in [-0.1, -0.05) is 42.3 Å². The third kappa shape index (κ3) is 8.52. The second kappa shape index (κ2) is 15.9. The molecule has 51 heavy (non-hydrogen) atoms. The van der Waals surface area contributed by atoms with Crippen molar-refractivity contribution in [3.63, 3.8) is 0 Å². The molecule has 282 valence electrons. The highest BCUT2D eigenvalue weighted by Crippen LogP contribution is 2.49. The van der Waals surface area contributed by atoms with Crippen LogP contribution >= 0.6 is 11.6 Å². The van der Waals surface area contributed by atoms with Gasteiger partial charge in [-0.2, -0.15) is 0 Å². The fourth-order valence-electron chi connectivity index (χ4n) is 6.62. The number of anilines is 1. The summed E-state index contributed by atoms with van der Waals surface area (Å²) >= 11 is 6.74. The van der Waals surface area contributed by atoms with Gasteiger partial charge in [0.05, 0.1) is 31.4 Å². The van der Waals surface area contributed by atoms with Crippen LogP contribution in [0.2, 0.25) is 5.02 Å². The van der Waals surface area contributed by atoms with E-state index < -0.39 is 71.7 Å². The Balaban J connectivity index is 1.78. The number of benzene rings is 1. The Kier molecular flexibility index (Phi) is 12.5. The number of nitrogens with one attached hydrogen (secondary N) is 2. The third-order valence-corrected chi connectivity index (χ3v) is 10.7. The normalized spacial score (nSPS) is 30.9. The Bertz CT molecular complexity index is 1570. The summed E-state index contributed by atoms with van der Waals surface area (Å²) in [5, 5.41) is 17.3. The highest BCUT2D eigenvalue weighted by atomic mass is 35.5. The second-order valence-electron chi connectivity index (χ2n) is 13.9. The molecular weight excluding hydrogens is 684 g/mol. The molecule has 3 aliphatic heterocycles. The molecule has 2 saturated heterocycles. The Hall–Kier alpha value is -3.69. The van der Waals surface area contributed by atoms with Crippen molar-refractivity contribution in [3.05, 3.63) is 46.5 Å². The molecule has 3 amide bonds. The number of allylic oxidation sites excluding steroid dienone is 3. The van der Waals surface area contributed by atoms with Gasteiger partial charge in [0.25, 0.3) is 0 Å². The fourth-order valence-corrected chi connectivity index (χ4v) is 6.93. The van der Waals surface area contributed by atoms with Crippen LogP contribution < -0.4 is 20.3 Å². The number of methoxy groups -OCH3 is 2. The Labute approximate surface area is 304 Å². The molecular formula is C36H51ClN4O10. The van der Waals surface area contributed by atoms with Crippen LogP contribution in [0.25, 0.3) is 0 Å². The van der Waals surface area contributed by atoms with E-state index in [0.29, 0.717) is 17.9 Å². The first-order chi connectivity index (χ1) is 23.9. The Morgan fingerprint density at radius 1 is 1.24 bits per heavy atom. The average Bonchev–Trinajstić information content (AvgIpc) is 3.79. The van der Waals surface area contributed by atoms with E-state index >= 15 is 0 Å². The fraction of sp³-hybridized carbons (Fsp3) is 0.611. The van der Waals surface area contributed by atoms with Crippen molar-refractivity contribution in [2.24, 2.45) is 5.92 Å². The summed E-state index contributed by atoms with van der Waals surface area (Å²) in [6.45, 7) is 8.65. The molecule has 9 unspecified atom stereocenters. The molecule has 4 bridgehead atoms. The number of hydrogen-bond donors (Lipinski definition) is 3. The molecule has 0 spiro atoms. The quantitative estimate of drug-likeness (QED) is 0.278. The minimum Gasteiger partial charge on any atom is -0.495 e. The van der Waals surface area contributed by atoms with Gasteiger partial charge < -0.3 is 43.9 Å². The number of carbonyl (C=O) groups excluding carboxylic acids is 4. The van der Waals surface area contributed by atoms with E-state index in [9.17, 15) is 24.3 Å². The number of aliphatic hydroxyl groups is 1. The molecule has 3 N–H and O–H groups in total. The Morgan fingerprint density at radius 3 is 2.55 bits per heavy atom. The van der Waals surface area contributed by atoms with Gasteiger partial charge in [-0.25, -0.2) is 9.59 Å². The summed E-state index contributed by atoms with van der Waals surface area (Å²) in [5.74, 6) is -1.65. The van der Waals surface area contributed by atoms with Crippen LogP contribution in [0.4, 0.5) is 10.5 Å². The van der Waals surface area contributed by atoms with Gasteiger partial charge in [-0.15, -0.1) is 0 Å². The highest BCUT2D eigenvalue weighted by Gasteiger charge is 2.64. The number of fused-ring (bicyclic) bond motifs is 5. The lowest BCUT2D eigenvalue weighted by Crippen LogP contribution is -2.63. The lowest BCUT2D eigenvalue weighted by molar-refractivity contribution is -0.162. The van der Waals surface area contributed by atoms with E-state index in [1.807, 2.05) is 13.0 Å². The largest absolute Gasteiger partial charge is 0.495 e. The molecule has 4 rings (SSSR count). The van der Waals surface area contributed by atoms with E-state index in [4.69, 9.17) is 35.3 Å². The predicted molar refractivity (Wildman–Crippen MR) is 189 cm³/mol. The molecule has 0 radical (unpaired) electrons. The van der Waals surface area contributed by atoms with Crippen molar-refractivity contribution >= 4 is 41.2 Å². The number of epoxide rings is 1. The summed E-state index contributed by atoms with van der Waals surface area (Å²) < 4.78 is 29.1. The summed E-state index contributed by atoms with van der Waals surface area (Å²) in [5.41, 5.74) is -0.914. The van der Waals surface area contributed by atoms with Gasteiger partial charge >= 0.3 is 12.1 Å². The third-order valence-electron chi connectivity index (χ3n) is 10.3. The van der Waals surface area contributed by atoms with E-state index in [-0.39, 0.29) is 23.8 Å². The number of halogens is 1. The molecule has 1 aromatic rings. The number of nitrogens with zero attached hydrogens (tertiary/aromatic N) is 2. The zero-order valence-electron chi connectivity index (χ0n) is 30.9. The van der Waals surface area contributed by atoms with Gasteiger partial charge in [0, 0.05) is 33.5 Å². The van der Waals surface area contributed by atoms with Gasteiger partial charge in [0.2, 0.25) is 11.8 Å². The molecule has 9 atom stereocenters. The maximum atomic E-state index is 14.1. The number of hydrogen-bond acceptors (Lipinski definition) is 11. The van der Waals surface area contributed by atoms with Crippen LogP contribution in [0.3, 0.4) is 0 Å². The minimum absolute atomic E-state index is 0.0504. The number of esters is 1. The topological polar surface area (TPSA) is 169 Å². The predicted octanol–water partition coefficient (Wildman–Crippen LogP) is 3.12. The first-order valence-corrected chi connectivity index (χ1v) is 17.3. The van der Waals surface area contributed by atoms with Gasteiger partial charge in [-0.05, 0) is 58.9 Å². The van der Waals surface area contributed by atoms with Crippen LogP contribution in [-0.2, 0) is 39.8 Å². The van der Waals surface area contributed by atoms with Crippen molar-refractivity contribution in [1.82, 2.24) is 15.5 Å². The SMILES string of the molecule is CNC(C)C(=O)N(C)C(C)C(=O)OC1CC(=O)N(C)c2cc(cc(OC)c2Cl)CC(C)=CC=CC(OC)C2(O)CC(OC(=O)N2)C(C)C2OC12C. The van der Waals surface area contributed by atoms with Crippen LogP contribution in [0.1, 0.15) is 53.0 Å². The molecule has 0 saturated carbocycles. The molecule has 14 nitrogen and oxygen atoms in total. The molecule has 3 aliphatic rings. The number of rotatable bonds is 7. The van der Waals surface area contributed by atoms with Crippen molar-refractivity contribution in [2.45, 2.75) is 102 Å². The monoisotopic (exact) mass is 734 g/mol. The second-order valence-corrected chi connectivity index (χ2v) is 14.2. The molecule has 2 fully saturated rings. The first-order valence-electron chi connectivity index (χ1n) is 16.9. The van der Waals surface area contributed by atoms with Crippen LogP contribution in [0, 0.1) is 5.92 Å². The Morgan fingerprint density at radius 2 is 1.92 bits per heavy atom. The highest BCUT2D eigenvalue weighted by molar-refractivity contribution is 6.35. The maximum absolute atomic E-state index is 14.1. The lowest BCUT2D eigenvalue weighted by Gasteiger charge is -2.42. The van der Waals surface area contributed by atoms with Crippen molar-refractivity contribution in [2.75, 3.05) is 40.3 Å². The van der Waals surface area contributed by atoms with Crippen LogP contribution in [-0.4, -0.2) is 117 Å². The number of carbonyl (C=O) groups is 4. The smallest absolute Gasteiger partial charge is 0.409 e. The van der Waals surface area contributed by atoms with Gasteiger partial charge in [0.1, 0.15) is 40.7 Å². The number of alkyl carbamates (subject to hydrolysis) is 1. The maximum Gasteiger partial charge on any atom is 0.409 e. The summed E-state index contributed by atoms with van der Waals surface area (Å²) in [7, 11) is 7.63. The zero-order chi connectivity index (χ0) is 38.0. The van der Waals surface area contributed by atoms with Gasteiger partial charge in [-0.3, -0.25) is 14.9 Å². The summed E-state index contributed by atoms with van der Waals surface area (Å²) in [6.07, 6.45) is 0.934. The summed E-state index contributed by atoms with van der Waals surface area (Å²) in [4.78, 5) is 56.1. The molecule has 0 aliphatic carbocycles. The van der Waals surface area contributed by atoms with E-state index in [2.05, 4.69) is 10.6 Å². The summed E-state index contributed by atoms with van der Waals surface area (Å²) in [6, 6.07) is 2.03. The van der Waals surface area contributed by atoms with Crippen LogP contribution in [0.15, 0.2) is 35.9 Å². The number of ether oxygens (including phenoxy) is 5. The average molecular weight is 735 g/mol. The molecule has 15 heteroatoms. The zero-order valence-corrected chi connectivity index (χ0v) is 31.7. The van der Waals surface area contributed by atoms with Crippen molar-refractivity contribution in [3.8, 4) is 5.75 Å². The number of amides is 3. The van der Waals surface area contributed by atoms with Crippen molar-refractivity contribution in [1.29, 1.82) is 0 Å². The molecule has 0 aromatic heterocycles. The van der Waals surface area contributed by atoms with E-state index in [1.165, 1.54) is 31.1 Å². The standard InChI is InChI=1S/C36H51ClN4O10/c1-19-12-11-13-27(48-10)36(46)18-26(49-34(45)39-36)20(2)31-35(5,51-31)28(50-33(44)22(4)40(7)32(43)21(3)38-6)17-29(42)41(8)24-15-23(14-19)16-25(47-9)30(24)37/h11-13,15-16,20-22,26-28,31,38,46H,14,17-18H2,1-10H3,(H,39,45).